The van der Waals surface area contributed by atoms with Crippen LogP contribution in [0.2, 0.25) is 0 Å². The molecule has 0 amide bonds. The molecule has 0 radical (unpaired) electrons. The smallest absolute Gasteiger partial charge is 0.246 e. The van der Waals surface area contributed by atoms with E-state index in [0.717, 1.165) is 11.1 Å². The Kier molecular flexibility index (Phi) is 4.05. The molecule has 0 spiro atoms. The first-order valence-corrected chi connectivity index (χ1v) is 4.63. The zero-order chi connectivity index (χ0) is 11.3. The van der Waals surface area contributed by atoms with Crippen molar-refractivity contribution in [2.24, 2.45) is 0 Å². The van der Waals surface area contributed by atoms with Gasteiger partial charge in [0.25, 0.3) is 0 Å². The number of rotatable bonds is 4. The average Bonchev–Trinajstić information content (AvgIpc) is 2.26. The SMILES string of the molecule is CON/C=C(/C)C1=CCC([N+](=O)[O-])=CC1. The molecule has 0 saturated carbocycles. The van der Waals surface area contributed by atoms with E-state index in [2.05, 4.69) is 10.3 Å². The van der Waals surface area contributed by atoms with Gasteiger partial charge in [0.15, 0.2) is 0 Å². The van der Waals surface area contributed by atoms with E-state index in [1.165, 1.54) is 7.11 Å². The van der Waals surface area contributed by atoms with Gasteiger partial charge in [0, 0.05) is 6.20 Å². The van der Waals surface area contributed by atoms with Gasteiger partial charge in [-0.1, -0.05) is 6.08 Å². The fraction of sp³-hybridized carbons (Fsp3) is 0.400. The third kappa shape index (κ3) is 3.21. The second kappa shape index (κ2) is 5.31. The molecule has 1 aliphatic rings. The largest absolute Gasteiger partial charge is 0.280 e. The normalized spacial score (nSPS) is 16.8. The fourth-order valence-electron chi connectivity index (χ4n) is 1.33. The van der Waals surface area contributed by atoms with E-state index < -0.39 is 0 Å². The molecule has 0 aliphatic heterocycles. The lowest BCUT2D eigenvalue weighted by Gasteiger charge is -2.10. The topological polar surface area (TPSA) is 64.4 Å². The lowest BCUT2D eigenvalue weighted by atomic mass is 9.98. The van der Waals surface area contributed by atoms with Gasteiger partial charge in [0.2, 0.25) is 5.70 Å². The molecule has 0 saturated heterocycles. The molecule has 0 aromatic heterocycles. The summed E-state index contributed by atoms with van der Waals surface area (Å²) in [6.07, 6.45) is 6.25. The summed E-state index contributed by atoms with van der Waals surface area (Å²) in [6, 6.07) is 0. The molecule has 0 atom stereocenters. The third-order valence-corrected chi connectivity index (χ3v) is 2.25. The third-order valence-electron chi connectivity index (χ3n) is 2.25. The molecule has 0 unspecified atom stereocenters. The molecule has 5 heteroatoms. The highest BCUT2D eigenvalue weighted by molar-refractivity contribution is 5.34. The Hall–Kier alpha value is -1.62. The van der Waals surface area contributed by atoms with Crippen molar-refractivity contribution in [3.63, 3.8) is 0 Å². The first-order chi connectivity index (χ1) is 7.15. The monoisotopic (exact) mass is 210 g/mol. The van der Waals surface area contributed by atoms with Gasteiger partial charge in [-0.2, -0.15) is 0 Å². The van der Waals surface area contributed by atoms with E-state index in [1.807, 2.05) is 13.0 Å². The molecule has 15 heavy (non-hydrogen) atoms. The van der Waals surface area contributed by atoms with Crippen molar-refractivity contribution in [1.29, 1.82) is 0 Å². The Balaban J connectivity index is 2.60. The highest BCUT2D eigenvalue weighted by Gasteiger charge is 2.14. The van der Waals surface area contributed by atoms with Gasteiger partial charge in [-0.15, -0.1) is 0 Å². The number of hydrogen-bond donors (Lipinski definition) is 1. The molecule has 1 rings (SSSR count). The van der Waals surface area contributed by atoms with Gasteiger partial charge >= 0.3 is 0 Å². The lowest BCUT2D eigenvalue weighted by Crippen LogP contribution is -2.05. The first-order valence-electron chi connectivity index (χ1n) is 4.63. The van der Waals surface area contributed by atoms with Crippen molar-refractivity contribution >= 4 is 0 Å². The van der Waals surface area contributed by atoms with Crippen LogP contribution in [-0.2, 0) is 4.84 Å². The van der Waals surface area contributed by atoms with Gasteiger partial charge in [0.1, 0.15) is 0 Å². The number of nitrogens with zero attached hydrogens (tertiary/aromatic N) is 1. The van der Waals surface area contributed by atoms with Crippen LogP contribution in [0.25, 0.3) is 0 Å². The minimum atomic E-state index is -0.334. The number of nitro groups is 1. The zero-order valence-electron chi connectivity index (χ0n) is 8.82. The van der Waals surface area contributed by atoms with Crippen LogP contribution in [0.5, 0.6) is 0 Å². The highest BCUT2D eigenvalue weighted by Crippen LogP contribution is 2.22. The summed E-state index contributed by atoms with van der Waals surface area (Å²) in [5, 5.41) is 10.5. The van der Waals surface area contributed by atoms with Gasteiger partial charge in [-0.25, -0.2) is 0 Å². The Morgan fingerprint density at radius 2 is 2.33 bits per heavy atom. The maximum atomic E-state index is 10.5. The van der Waals surface area contributed by atoms with Gasteiger partial charge in [0.05, 0.1) is 18.5 Å². The van der Waals surface area contributed by atoms with Crippen molar-refractivity contribution in [2.75, 3.05) is 7.11 Å². The standard InChI is InChI=1S/C10H14N2O3/c1-8(7-11-15-2)9-3-5-10(6-4-9)12(13)14/h3,6-7,11H,4-5H2,1-2H3/b8-7-. The van der Waals surface area contributed by atoms with E-state index in [4.69, 9.17) is 0 Å². The molecule has 0 heterocycles. The maximum absolute atomic E-state index is 10.5. The van der Waals surface area contributed by atoms with Crippen molar-refractivity contribution in [3.8, 4) is 0 Å². The predicted octanol–water partition coefficient (Wildman–Crippen LogP) is 1.92. The molecule has 1 aliphatic carbocycles. The fourth-order valence-corrected chi connectivity index (χ4v) is 1.33. The van der Waals surface area contributed by atoms with E-state index in [0.29, 0.717) is 12.8 Å². The van der Waals surface area contributed by atoms with E-state index in [-0.39, 0.29) is 10.6 Å². The van der Waals surface area contributed by atoms with Crippen LogP contribution in [0, 0.1) is 10.1 Å². The van der Waals surface area contributed by atoms with Crippen LogP contribution in [0.15, 0.2) is 35.2 Å². The Labute approximate surface area is 88.2 Å². The van der Waals surface area contributed by atoms with Crippen LogP contribution in [0.1, 0.15) is 19.8 Å². The van der Waals surface area contributed by atoms with Gasteiger partial charge in [-0.05, 0) is 30.6 Å². The summed E-state index contributed by atoms with van der Waals surface area (Å²) < 4.78 is 0. The van der Waals surface area contributed by atoms with Crippen LogP contribution < -0.4 is 5.48 Å². The predicted molar refractivity (Wildman–Crippen MR) is 56.3 cm³/mol. The molecule has 5 nitrogen and oxygen atoms in total. The molecular weight excluding hydrogens is 196 g/mol. The Morgan fingerprint density at radius 1 is 1.60 bits per heavy atom. The maximum Gasteiger partial charge on any atom is 0.246 e. The van der Waals surface area contributed by atoms with Gasteiger partial charge < -0.3 is 0 Å². The van der Waals surface area contributed by atoms with Crippen LogP contribution in [0.3, 0.4) is 0 Å². The van der Waals surface area contributed by atoms with Gasteiger partial charge in [-0.3, -0.25) is 20.4 Å². The van der Waals surface area contributed by atoms with Crippen LogP contribution >= 0.6 is 0 Å². The molecule has 82 valence electrons. The summed E-state index contributed by atoms with van der Waals surface area (Å²) in [7, 11) is 1.53. The Morgan fingerprint density at radius 3 is 2.80 bits per heavy atom. The average molecular weight is 210 g/mol. The van der Waals surface area contributed by atoms with Crippen LogP contribution in [0.4, 0.5) is 0 Å². The highest BCUT2D eigenvalue weighted by atomic mass is 16.6. The summed E-state index contributed by atoms with van der Waals surface area (Å²) in [5.41, 5.74) is 5.00. The van der Waals surface area contributed by atoms with E-state index in [1.54, 1.807) is 12.3 Å². The van der Waals surface area contributed by atoms with Crippen molar-refractivity contribution in [3.05, 3.63) is 45.3 Å². The zero-order valence-corrected chi connectivity index (χ0v) is 8.82. The summed E-state index contributed by atoms with van der Waals surface area (Å²) in [4.78, 5) is 14.8. The van der Waals surface area contributed by atoms with Crippen molar-refractivity contribution in [2.45, 2.75) is 19.8 Å². The lowest BCUT2D eigenvalue weighted by molar-refractivity contribution is -0.427. The summed E-state index contributed by atoms with van der Waals surface area (Å²) in [5.74, 6) is 0. The molecule has 0 bridgehead atoms. The number of hydroxylamine groups is 1. The van der Waals surface area contributed by atoms with Crippen molar-refractivity contribution in [1.82, 2.24) is 5.48 Å². The van der Waals surface area contributed by atoms with E-state index in [9.17, 15) is 10.1 Å². The Bertz CT molecular complexity index is 343. The van der Waals surface area contributed by atoms with Crippen LogP contribution in [-0.4, -0.2) is 12.0 Å². The number of hydrogen-bond acceptors (Lipinski definition) is 4. The number of allylic oxidation sites excluding steroid dienone is 4. The second-order valence-corrected chi connectivity index (χ2v) is 3.24. The molecule has 0 fully saturated rings. The first kappa shape index (κ1) is 11.5. The quantitative estimate of drug-likeness (QED) is 0.568. The molecule has 1 N–H and O–H groups in total. The molecular formula is C10H14N2O3. The second-order valence-electron chi connectivity index (χ2n) is 3.24. The summed E-state index contributed by atoms with van der Waals surface area (Å²) in [6.45, 7) is 1.93. The van der Waals surface area contributed by atoms with E-state index >= 15 is 0 Å². The minimum absolute atomic E-state index is 0.270. The van der Waals surface area contributed by atoms with Crippen molar-refractivity contribution < 1.29 is 9.76 Å². The molecule has 0 aromatic carbocycles. The summed E-state index contributed by atoms with van der Waals surface area (Å²) >= 11 is 0. The minimum Gasteiger partial charge on any atom is -0.280 e. The number of nitrogens with one attached hydrogen (secondary N) is 1. The molecule has 0 aromatic rings.